The fourth-order valence-electron chi connectivity index (χ4n) is 4.26. The predicted molar refractivity (Wildman–Crippen MR) is 196 cm³/mol. The Balaban J connectivity index is 6.53. The topological polar surface area (TPSA) is 270 Å². The molecule has 0 heterocycles. The Morgan fingerprint density at radius 3 is 1.45 bits per heavy atom. The fourth-order valence-corrected chi connectivity index (χ4v) is 6.45. The van der Waals surface area contributed by atoms with Crippen molar-refractivity contribution in [1.29, 1.82) is 0 Å². The van der Waals surface area contributed by atoms with Gasteiger partial charge in [-0.1, -0.05) is 55.4 Å². The maximum absolute atomic E-state index is 14.1. The van der Waals surface area contributed by atoms with Gasteiger partial charge in [0.05, 0.1) is 43.2 Å². The van der Waals surface area contributed by atoms with Crippen molar-refractivity contribution in [2.75, 3.05) is 57.6 Å². The third-order valence-corrected chi connectivity index (χ3v) is 10.5. The number of amides is 2. The van der Waals surface area contributed by atoms with Gasteiger partial charge < -0.3 is 34.7 Å². The second-order valence-electron chi connectivity index (χ2n) is 14.8. The molecular weight excluding hydrogens is 773 g/mol. The van der Waals surface area contributed by atoms with Crippen molar-refractivity contribution in [3.05, 3.63) is 0 Å². The van der Waals surface area contributed by atoms with Crippen LogP contribution in [0.15, 0.2) is 0 Å². The summed E-state index contributed by atoms with van der Waals surface area (Å²) in [5.41, 5.74) is -6.26. The van der Waals surface area contributed by atoms with Crippen molar-refractivity contribution >= 4 is 55.9 Å². The Hall–Kier alpha value is -3.40. The minimum atomic E-state index is -4.27. The number of hydrogen-bond acceptors (Lipinski definition) is 17. The highest BCUT2D eigenvalue weighted by atomic mass is 32.2. The van der Waals surface area contributed by atoms with Gasteiger partial charge in [0.2, 0.25) is 17.9 Å². The summed E-state index contributed by atoms with van der Waals surface area (Å²) >= 11 is 0. The normalized spacial score (nSPS) is 14.1. The van der Waals surface area contributed by atoms with Gasteiger partial charge in [0.15, 0.2) is 5.60 Å². The lowest BCUT2D eigenvalue weighted by Gasteiger charge is -2.41. The van der Waals surface area contributed by atoms with Crippen LogP contribution in [0.25, 0.3) is 0 Å². The molecule has 55 heavy (non-hydrogen) atoms. The van der Waals surface area contributed by atoms with Gasteiger partial charge in [-0.3, -0.25) is 27.5 Å². The number of aliphatic hydroxyl groups is 1. The number of hydrogen-bond donors (Lipinski definition) is 3. The average molecular weight is 833 g/mol. The van der Waals surface area contributed by atoms with E-state index < -0.39 is 123 Å². The molecule has 0 rings (SSSR count). The van der Waals surface area contributed by atoms with Gasteiger partial charge >= 0.3 is 23.9 Å². The predicted octanol–water partition coefficient (Wildman–Crippen LogP) is 0.759. The minimum Gasteiger partial charge on any atom is -0.465 e. The first kappa shape index (κ1) is 51.6. The summed E-state index contributed by atoms with van der Waals surface area (Å²) in [5.74, 6) is -6.85. The van der Waals surface area contributed by atoms with E-state index in [-0.39, 0.29) is 44.4 Å². The Bertz CT molecular complexity index is 1520. The van der Waals surface area contributed by atoms with Crippen LogP contribution in [0.1, 0.15) is 88.5 Å². The van der Waals surface area contributed by atoms with E-state index in [2.05, 4.69) is 10.6 Å². The van der Waals surface area contributed by atoms with E-state index in [0.717, 1.165) is 0 Å². The molecule has 0 saturated carbocycles. The Morgan fingerprint density at radius 1 is 0.636 bits per heavy atom. The Labute approximate surface area is 324 Å². The standard InChI is InChI=1S/C34H60N2O17S2/c1-23(2)28(39)48-16-13-34(43,33(9,10)22-52-55(46,47)20-12-15-36-26(6)38)31(42)53-27(30(41)50-18-17-49-29(40)24(3)4)32(7,8)21-51-54(44,45)19-11-14-35-25(5)37/h23-24,27,43H,11-22H2,1-10H3,(H,35,37)(H,36,38)/t27-,34?/m0/s1. The van der Waals surface area contributed by atoms with Gasteiger partial charge in [-0.2, -0.15) is 16.8 Å². The second-order valence-corrected chi connectivity index (χ2v) is 18.3. The van der Waals surface area contributed by atoms with Crippen LogP contribution in [0, 0.1) is 22.7 Å². The zero-order chi connectivity index (χ0) is 42.8. The molecule has 320 valence electrons. The van der Waals surface area contributed by atoms with Crippen molar-refractivity contribution in [3.8, 4) is 0 Å². The first-order valence-corrected chi connectivity index (χ1v) is 20.9. The van der Waals surface area contributed by atoms with Gasteiger partial charge in [-0.25, -0.2) is 9.59 Å². The molecular formula is C34H60N2O17S2. The molecule has 0 bridgehead atoms. The number of nitrogens with one attached hydrogen (secondary N) is 2. The molecule has 0 radical (unpaired) electrons. The highest BCUT2D eigenvalue weighted by molar-refractivity contribution is 7.86. The first-order chi connectivity index (χ1) is 25.1. The molecule has 0 aliphatic heterocycles. The van der Waals surface area contributed by atoms with Crippen molar-refractivity contribution in [1.82, 2.24) is 10.6 Å². The number of esters is 4. The lowest BCUT2D eigenvalue weighted by molar-refractivity contribution is -0.204. The minimum absolute atomic E-state index is 0.00547. The first-order valence-electron chi connectivity index (χ1n) is 17.8. The number of carbonyl (C=O) groups is 6. The van der Waals surface area contributed by atoms with Gasteiger partial charge in [0.1, 0.15) is 13.2 Å². The van der Waals surface area contributed by atoms with Gasteiger partial charge in [-0.05, 0) is 12.8 Å². The molecule has 3 N–H and O–H groups in total. The van der Waals surface area contributed by atoms with E-state index in [1.54, 1.807) is 27.7 Å². The van der Waals surface area contributed by atoms with Crippen molar-refractivity contribution in [2.24, 2.45) is 22.7 Å². The van der Waals surface area contributed by atoms with E-state index in [1.807, 2.05) is 0 Å². The Morgan fingerprint density at radius 2 is 1.04 bits per heavy atom. The molecule has 2 amide bonds. The van der Waals surface area contributed by atoms with Crippen LogP contribution >= 0.6 is 0 Å². The zero-order valence-corrected chi connectivity index (χ0v) is 35.1. The van der Waals surface area contributed by atoms with E-state index >= 15 is 0 Å². The van der Waals surface area contributed by atoms with Crippen LogP contribution in [-0.2, 0) is 76.3 Å². The van der Waals surface area contributed by atoms with Crippen LogP contribution in [0.4, 0.5) is 0 Å². The van der Waals surface area contributed by atoms with Crippen LogP contribution in [0.3, 0.4) is 0 Å². The highest BCUT2D eigenvalue weighted by Crippen LogP contribution is 2.38. The molecule has 19 nitrogen and oxygen atoms in total. The largest absolute Gasteiger partial charge is 0.465 e. The highest BCUT2D eigenvalue weighted by Gasteiger charge is 2.54. The number of carbonyl (C=O) groups excluding carboxylic acids is 6. The summed E-state index contributed by atoms with van der Waals surface area (Å²) in [4.78, 5) is 73.9. The lowest BCUT2D eigenvalue weighted by Crippen LogP contribution is -2.58. The van der Waals surface area contributed by atoms with Gasteiger partial charge in [-0.15, -0.1) is 0 Å². The number of ether oxygens (including phenoxy) is 4. The maximum Gasteiger partial charge on any atom is 0.348 e. The molecule has 0 aromatic rings. The number of rotatable bonds is 27. The summed E-state index contributed by atoms with van der Waals surface area (Å²) in [6.07, 6.45) is -2.68. The third kappa shape index (κ3) is 19.8. The molecule has 0 aromatic carbocycles. The third-order valence-electron chi connectivity index (χ3n) is 7.93. The molecule has 0 spiro atoms. The molecule has 21 heteroatoms. The van der Waals surface area contributed by atoms with E-state index in [0.29, 0.717) is 0 Å². The maximum atomic E-state index is 14.1. The molecule has 1 unspecified atom stereocenters. The quantitative estimate of drug-likeness (QED) is 0.0446. The molecule has 0 aromatic heterocycles. The molecule has 2 atom stereocenters. The van der Waals surface area contributed by atoms with E-state index in [1.165, 1.54) is 41.5 Å². The summed E-state index contributed by atoms with van der Waals surface area (Å²) in [5, 5.41) is 16.9. The summed E-state index contributed by atoms with van der Waals surface area (Å²) in [6, 6.07) is 0. The second kappa shape index (κ2) is 23.0. The van der Waals surface area contributed by atoms with Gasteiger partial charge in [0, 0.05) is 44.2 Å². The van der Waals surface area contributed by atoms with E-state index in [4.69, 9.17) is 27.3 Å². The molecule has 0 aliphatic carbocycles. The van der Waals surface area contributed by atoms with Crippen LogP contribution in [0.5, 0.6) is 0 Å². The van der Waals surface area contributed by atoms with Crippen molar-refractivity contribution in [3.63, 3.8) is 0 Å². The fraction of sp³-hybridized carbons (Fsp3) is 0.824. The SMILES string of the molecule is CC(=O)NCCCS(=O)(=O)OCC(C)(C)[C@@H](OC(=O)C(O)(CCOC(=O)C(C)C)C(C)(C)COS(=O)(=O)CCCNC(C)=O)C(=O)OCCOC(=O)C(C)C. The van der Waals surface area contributed by atoms with Gasteiger partial charge in [0.25, 0.3) is 20.2 Å². The summed E-state index contributed by atoms with van der Waals surface area (Å²) < 4.78 is 82.1. The monoisotopic (exact) mass is 832 g/mol. The van der Waals surface area contributed by atoms with Crippen LogP contribution in [-0.4, -0.2) is 127 Å². The lowest BCUT2D eigenvalue weighted by atomic mass is 9.73. The smallest absolute Gasteiger partial charge is 0.348 e. The average Bonchev–Trinajstić information content (AvgIpc) is 3.07. The summed E-state index contributed by atoms with van der Waals surface area (Å²) in [7, 11) is -8.51. The Kier molecular flexibility index (Phi) is 21.6. The van der Waals surface area contributed by atoms with E-state index in [9.17, 15) is 50.7 Å². The van der Waals surface area contributed by atoms with Crippen molar-refractivity contribution in [2.45, 2.75) is 100 Å². The zero-order valence-electron chi connectivity index (χ0n) is 33.5. The molecule has 0 aliphatic rings. The summed E-state index contributed by atoms with van der Waals surface area (Å²) in [6.45, 7) is 11.0. The molecule has 0 saturated heterocycles. The molecule has 0 fully saturated rings. The van der Waals surface area contributed by atoms with Crippen molar-refractivity contribution < 1.29 is 78.0 Å². The van der Waals surface area contributed by atoms with Crippen LogP contribution < -0.4 is 10.6 Å². The van der Waals surface area contributed by atoms with Crippen LogP contribution in [0.2, 0.25) is 0 Å².